The molecule has 7 heteroatoms. The molecule has 1 amide bonds. The lowest BCUT2D eigenvalue weighted by Gasteiger charge is -2.08. The van der Waals surface area contributed by atoms with Gasteiger partial charge in [-0.05, 0) is 50.9 Å². The number of aromatic nitrogens is 2. The van der Waals surface area contributed by atoms with Gasteiger partial charge in [-0.3, -0.25) is 9.89 Å². The SMILES string of the molecule is Cc1[nH]nc(C(=O)Nc2c(Br)cccc2Br)c1N. The number of nitrogen functional groups attached to an aromatic ring is 1. The first kappa shape index (κ1) is 13.1. The molecule has 18 heavy (non-hydrogen) atoms. The smallest absolute Gasteiger partial charge is 0.278 e. The Morgan fingerprint density at radius 3 is 2.50 bits per heavy atom. The van der Waals surface area contributed by atoms with Gasteiger partial charge >= 0.3 is 0 Å². The normalized spacial score (nSPS) is 10.4. The minimum absolute atomic E-state index is 0.190. The highest BCUT2D eigenvalue weighted by molar-refractivity contribution is 9.11. The molecule has 0 saturated carbocycles. The standard InChI is InChI=1S/C11H10Br2N4O/c1-5-8(14)10(17-16-5)11(18)15-9-6(12)3-2-4-7(9)13/h2-4H,14H2,1H3,(H,15,18)(H,16,17). The lowest BCUT2D eigenvalue weighted by Crippen LogP contribution is -2.15. The number of nitrogens with two attached hydrogens (primary N) is 1. The van der Waals surface area contributed by atoms with Crippen LogP contribution in [0.2, 0.25) is 0 Å². The summed E-state index contributed by atoms with van der Waals surface area (Å²) in [7, 11) is 0. The quantitative estimate of drug-likeness (QED) is 0.756. The number of halogens is 2. The van der Waals surface area contributed by atoms with Crippen molar-refractivity contribution >= 4 is 49.1 Å². The number of hydrogen-bond donors (Lipinski definition) is 3. The Hall–Kier alpha value is -1.34. The van der Waals surface area contributed by atoms with E-state index in [2.05, 4.69) is 47.4 Å². The van der Waals surface area contributed by atoms with Crippen molar-refractivity contribution in [1.29, 1.82) is 0 Å². The zero-order valence-electron chi connectivity index (χ0n) is 9.42. The number of anilines is 2. The molecule has 0 unspecified atom stereocenters. The Balaban J connectivity index is 2.30. The predicted octanol–water partition coefficient (Wildman–Crippen LogP) is 3.08. The number of para-hydroxylation sites is 1. The number of carbonyl (C=O) groups is 1. The van der Waals surface area contributed by atoms with Gasteiger partial charge in [-0.25, -0.2) is 0 Å². The maximum Gasteiger partial charge on any atom is 0.278 e. The van der Waals surface area contributed by atoms with Gasteiger partial charge in [0.25, 0.3) is 5.91 Å². The van der Waals surface area contributed by atoms with Gasteiger partial charge in [0.05, 0.1) is 17.1 Å². The molecule has 0 aliphatic carbocycles. The van der Waals surface area contributed by atoms with E-state index < -0.39 is 0 Å². The molecule has 0 spiro atoms. The zero-order chi connectivity index (χ0) is 13.3. The first-order chi connectivity index (χ1) is 8.50. The molecule has 1 aromatic heterocycles. The Bertz CT molecular complexity index is 589. The van der Waals surface area contributed by atoms with Crippen molar-refractivity contribution in [1.82, 2.24) is 10.2 Å². The summed E-state index contributed by atoms with van der Waals surface area (Å²) in [5, 5.41) is 9.31. The minimum Gasteiger partial charge on any atom is -0.395 e. The van der Waals surface area contributed by atoms with Crippen molar-refractivity contribution in [2.75, 3.05) is 11.1 Å². The fraction of sp³-hybridized carbons (Fsp3) is 0.0909. The van der Waals surface area contributed by atoms with E-state index >= 15 is 0 Å². The number of aryl methyl sites for hydroxylation is 1. The topological polar surface area (TPSA) is 83.8 Å². The summed E-state index contributed by atoms with van der Waals surface area (Å²) in [4.78, 5) is 12.0. The fourth-order valence-corrected chi connectivity index (χ4v) is 2.60. The number of H-pyrrole nitrogens is 1. The van der Waals surface area contributed by atoms with Crippen LogP contribution >= 0.6 is 31.9 Å². The van der Waals surface area contributed by atoms with Gasteiger partial charge in [0.15, 0.2) is 5.69 Å². The molecule has 2 rings (SSSR count). The highest BCUT2D eigenvalue weighted by atomic mass is 79.9. The number of hydrogen-bond acceptors (Lipinski definition) is 3. The predicted molar refractivity (Wildman–Crippen MR) is 77.5 cm³/mol. The number of nitrogens with one attached hydrogen (secondary N) is 2. The van der Waals surface area contributed by atoms with E-state index in [1.807, 2.05) is 18.2 Å². The molecule has 1 aromatic carbocycles. The minimum atomic E-state index is -0.357. The van der Waals surface area contributed by atoms with E-state index in [0.29, 0.717) is 17.1 Å². The molecule has 2 aromatic rings. The number of rotatable bonds is 2. The average molecular weight is 374 g/mol. The molecule has 0 radical (unpaired) electrons. The van der Waals surface area contributed by atoms with Gasteiger partial charge in [-0.1, -0.05) is 6.07 Å². The van der Waals surface area contributed by atoms with E-state index in [4.69, 9.17) is 5.73 Å². The summed E-state index contributed by atoms with van der Waals surface area (Å²) >= 11 is 6.74. The van der Waals surface area contributed by atoms with Gasteiger partial charge in [-0.2, -0.15) is 5.10 Å². The van der Waals surface area contributed by atoms with Crippen molar-refractivity contribution in [3.05, 3.63) is 38.5 Å². The molecule has 94 valence electrons. The molecule has 0 saturated heterocycles. The lowest BCUT2D eigenvalue weighted by molar-refractivity contribution is 0.102. The molecule has 0 aliphatic rings. The number of carbonyl (C=O) groups excluding carboxylic acids is 1. The third kappa shape index (κ3) is 2.41. The maximum atomic E-state index is 12.0. The van der Waals surface area contributed by atoms with Crippen LogP contribution in [0.3, 0.4) is 0 Å². The largest absolute Gasteiger partial charge is 0.395 e. The Labute approximate surface area is 120 Å². The van der Waals surface area contributed by atoms with Crippen molar-refractivity contribution in [2.24, 2.45) is 0 Å². The zero-order valence-corrected chi connectivity index (χ0v) is 12.6. The summed E-state index contributed by atoms with van der Waals surface area (Å²) in [6.07, 6.45) is 0. The van der Waals surface area contributed by atoms with Crippen molar-refractivity contribution in [3.8, 4) is 0 Å². The second-order valence-electron chi connectivity index (χ2n) is 3.66. The number of nitrogens with zero attached hydrogens (tertiary/aromatic N) is 1. The van der Waals surface area contributed by atoms with Crippen LogP contribution in [-0.2, 0) is 0 Å². The summed E-state index contributed by atoms with van der Waals surface area (Å²) in [5.74, 6) is -0.357. The summed E-state index contributed by atoms with van der Waals surface area (Å²) in [6.45, 7) is 1.76. The molecule has 0 atom stereocenters. The highest BCUT2D eigenvalue weighted by Gasteiger charge is 2.17. The molecule has 4 N–H and O–H groups in total. The average Bonchev–Trinajstić information content (AvgIpc) is 2.65. The molecule has 0 fully saturated rings. The summed E-state index contributed by atoms with van der Waals surface area (Å²) < 4.78 is 1.55. The van der Waals surface area contributed by atoms with E-state index in [0.717, 1.165) is 8.95 Å². The van der Waals surface area contributed by atoms with Gasteiger partial charge in [-0.15, -0.1) is 0 Å². The fourth-order valence-electron chi connectivity index (χ4n) is 1.40. The second-order valence-corrected chi connectivity index (χ2v) is 5.37. The molecular weight excluding hydrogens is 364 g/mol. The van der Waals surface area contributed by atoms with Crippen molar-refractivity contribution in [3.63, 3.8) is 0 Å². The summed E-state index contributed by atoms with van der Waals surface area (Å²) in [6, 6.07) is 5.52. The Morgan fingerprint density at radius 2 is 2.00 bits per heavy atom. The van der Waals surface area contributed by atoms with E-state index in [9.17, 15) is 4.79 Å². The van der Waals surface area contributed by atoms with Crippen LogP contribution in [0.25, 0.3) is 0 Å². The van der Waals surface area contributed by atoms with Crippen LogP contribution < -0.4 is 11.1 Å². The van der Waals surface area contributed by atoms with Gasteiger partial charge in [0.2, 0.25) is 0 Å². The number of aromatic amines is 1. The third-order valence-electron chi connectivity index (χ3n) is 2.41. The van der Waals surface area contributed by atoms with Crippen LogP contribution in [0.1, 0.15) is 16.2 Å². The first-order valence-corrected chi connectivity index (χ1v) is 6.65. The number of amides is 1. The number of benzene rings is 1. The highest BCUT2D eigenvalue weighted by Crippen LogP contribution is 2.31. The Morgan fingerprint density at radius 1 is 1.39 bits per heavy atom. The molecule has 0 aliphatic heterocycles. The van der Waals surface area contributed by atoms with Crippen LogP contribution in [-0.4, -0.2) is 16.1 Å². The lowest BCUT2D eigenvalue weighted by atomic mass is 10.2. The first-order valence-electron chi connectivity index (χ1n) is 5.06. The van der Waals surface area contributed by atoms with Gasteiger partial charge < -0.3 is 11.1 Å². The van der Waals surface area contributed by atoms with E-state index in [1.54, 1.807) is 6.92 Å². The van der Waals surface area contributed by atoms with E-state index in [-0.39, 0.29) is 11.6 Å². The Kier molecular flexibility index (Phi) is 3.72. The summed E-state index contributed by atoms with van der Waals surface area (Å²) in [5.41, 5.74) is 7.62. The van der Waals surface area contributed by atoms with Crippen LogP contribution in [0.4, 0.5) is 11.4 Å². The molecule has 5 nitrogen and oxygen atoms in total. The molecular formula is C11H10Br2N4O. The molecule has 0 bridgehead atoms. The van der Waals surface area contributed by atoms with Gasteiger partial charge in [0.1, 0.15) is 0 Å². The second kappa shape index (κ2) is 5.11. The van der Waals surface area contributed by atoms with Crippen molar-refractivity contribution < 1.29 is 4.79 Å². The maximum absolute atomic E-state index is 12.0. The third-order valence-corrected chi connectivity index (χ3v) is 3.73. The van der Waals surface area contributed by atoms with Gasteiger partial charge in [0, 0.05) is 8.95 Å². The molecule has 1 heterocycles. The van der Waals surface area contributed by atoms with E-state index in [1.165, 1.54) is 0 Å². The van der Waals surface area contributed by atoms with Crippen LogP contribution in [0.15, 0.2) is 27.1 Å². The van der Waals surface area contributed by atoms with Crippen LogP contribution in [0.5, 0.6) is 0 Å². The monoisotopic (exact) mass is 372 g/mol. The van der Waals surface area contributed by atoms with Crippen molar-refractivity contribution in [2.45, 2.75) is 6.92 Å². The van der Waals surface area contributed by atoms with Crippen LogP contribution in [0, 0.1) is 6.92 Å².